The zero-order chi connectivity index (χ0) is 24.6. The molecule has 3 rings (SSSR count). The molecule has 1 atom stereocenters. The number of rotatable bonds is 6. The number of hydrogen-bond acceptors (Lipinski definition) is 5. The molecule has 174 valence electrons. The van der Waals surface area contributed by atoms with Crippen molar-refractivity contribution in [1.82, 2.24) is 4.90 Å². The molecule has 2 aromatic carbocycles. The lowest BCUT2D eigenvalue weighted by Crippen LogP contribution is -2.49. The molecule has 0 spiro atoms. The minimum absolute atomic E-state index is 0.0647. The van der Waals surface area contributed by atoms with Gasteiger partial charge in [-0.25, -0.2) is 9.18 Å². The fourth-order valence-electron chi connectivity index (χ4n) is 3.27. The van der Waals surface area contributed by atoms with Crippen molar-refractivity contribution in [3.8, 4) is 0 Å². The molecule has 0 saturated carbocycles. The van der Waals surface area contributed by atoms with E-state index in [0.29, 0.717) is 17.9 Å². The van der Waals surface area contributed by atoms with Gasteiger partial charge in [0.1, 0.15) is 11.9 Å². The number of nitrogens with zero attached hydrogens (tertiary/aromatic N) is 1. The predicted octanol–water partition coefficient (Wildman–Crippen LogP) is 5.68. The molecule has 7 nitrogen and oxygen atoms in total. The highest BCUT2D eigenvalue weighted by molar-refractivity contribution is 9.15. The first-order chi connectivity index (χ1) is 15.5. The third-order valence-electron chi connectivity index (χ3n) is 4.78. The van der Waals surface area contributed by atoms with E-state index in [9.17, 15) is 23.6 Å². The topological polar surface area (TPSA) is 92.8 Å². The Morgan fingerprint density at radius 2 is 1.48 bits per heavy atom. The van der Waals surface area contributed by atoms with Gasteiger partial charge in [-0.2, -0.15) is 0 Å². The van der Waals surface area contributed by atoms with E-state index < -0.39 is 48.1 Å². The summed E-state index contributed by atoms with van der Waals surface area (Å²) < 4.78 is 20.5. The molecule has 1 aliphatic heterocycles. The van der Waals surface area contributed by atoms with Crippen LogP contribution in [0.3, 0.4) is 0 Å². The number of ether oxygens (including phenoxy) is 1. The number of nitrogens with one attached hydrogen (secondary N) is 1. The number of imide groups is 1. The van der Waals surface area contributed by atoms with Crippen LogP contribution in [0.15, 0.2) is 42.2 Å². The second-order valence-corrected chi connectivity index (χ2v) is 10.5. The quantitative estimate of drug-likeness (QED) is 0.180. The first-order valence-corrected chi connectivity index (χ1v) is 12.6. The Balaban J connectivity index is 1.82. The van der Waals surface area contributed by atoms with Gasteiger partial charge in [0.05, 0.1) is 16.8 Å². The summed E-state index contributed by atoms with van der Waals surface area (Å²) in [5, 5.41) is 2.30. The Hall–Kier alpha value is -1.63. The summed E-state index contributed by atoms with van der Waals surface area (Å²) >= 11 is 13.4. The Morgan fingerprint density at radius 1 is 0.970 bits per heavy atom. The van der Waals surface area contributed by atoms with Crippen LogP contribution in [0.1, 0.15) is 34.6 Å². The molecule has 1 aliphatic rings. The highest BCUT2D eigenvalue weighted by Gasteiger charge is 2.47. The minimum atomic E-state index is -1.28. The summed E-state index contributed by atoms with van der Waals surface area (Å²) in [5.74, 6) is -4.22. The van der Waals surface area contributed by atoms with Crippen LogP contribution in [0.25, 0.3) is 0 Å². The lowest BCUT2D eigenvalue weighted by atomic mass is 10.0. The number of amides is 3. The zero-order valence-electron chi connectivity index (χ0n) is 17.0. The van der Waals surface area contributed by atoms with Gasteiger partial charge in [-0.1, -0.05) is 26.0 Å². The molecule has 0 aromatic heterocycles. The van der Waals surface area contributed by atoms with Crippen molar-refractivity contribution in [2.45, 2.75) is 19.9 Å². The Labute approximate surface area is 221 Å². The Kier molecular flexibility index (Phi) is 8.13. The molecule has 33 heavy (non-hydrogen) atoms. The molecule has 2 aromatic rings. The maximum Gasteiger partial charge on any atom is 0.330 e. The van der Waals surface area contributed by atoms with Crippen LogP contribution in [-0.2, 0) is 14.3 Å². The number of carbonyl (C=O) groups is 4. The highest BCUT2D eigenvalue weighted by Crippen LogP contribution is 2.46. The second kappa shape index (κ2) is 10.3. The molecule has 0 bridgehead atoms. The molecular formula is C21H15Br4FN2O5. The molecule has 1 unspecified atom stereocenters. The van der Waals surface area contributed by atoms with Gasteiger partial charge < -0.3 is 10.1 Å². The average molecular weight is 714 g/mol. The largest absolute Gasteiger partial charge is 0.454 e. The zero-order valence-corrected chi connectivity index (χ0v) is 23.4. The van der Waals surface area contributed by atoms with Crippen molar-refractivity contribution in [1.29, 1.82) is 0 Å². The fraction of sp³-hybridized carbons (Fsp3) is 0.238. The predicted molar refractivity (Wildman–Crippen MR) is 132 cm³/mol. The summed E-state index contributed by atoms with van der Waals surface area (Å²) in [6, 6.07) is 4.25. The van der Waals surface area contributed by atoms with E-state index in [1.54, 1.807) is 13.8 Å². The molecule has 12 heteroatoms. The van der Waals surface area contributed by atoms with Gasteiger partial charge in [0.2, 0.25) is 0 Å². The summed E-state index contributed by atoms with van der Waals surface area (Å²) in [6.07, 6.45) is 0. The first-order valence-electron chi connectivity index (χ1n) is 9.42. The average Bonchev–Trinajstić information content (AvgIpc) is 3.01. The normalized spacial score (nSPS) is 13.9. The summed E-state index contributed by atoms with van der Waals surface area (Å²) in [5.41, 5.74) is 0.126. The van der Waals surface area contributed by atoms with Crippen LogP contribution in [0.2, 0.25) is 0 Å². The number of carbonyl (C=O) groups excluding carboxylic acids is 4. The van der Waals surface area contributed by atoms with Crippen LogP contribution >= 0.6 is 63.7 Å². The van der Waals surface area contributed by atoms with E-state index in [2.05, 4.69) is 69.0 Å². The summed E-state index contributed by atoms with van der Waals surface area (Å²) in [7, 11) is 0. The van der Waals surface area contributed by atoms with Crippen LogP contribution in [-0.4, -0.2) is 41.2 Å². The number of esters is 1. The fourth-order valence-corrected chi connectivity index (χ4v) is 5.72. The van der Waals surface area contributed by atoms with E-state index in [4.69, 9.17) is 4.74 Å². The van der Waals surface area contributed by atoms with Crippen LogP contribution in [0.5, 0.6) is 0 Å². The summed E-state index contributed by atoms with van der Waals surface area (Å²) in [4.78, 5) is 52.2. The monoisotopic (exact) mass is 710 g/mol. The third kappa shape index (κ3) is 4.94. The highest BCUT2D eigenvalue weighted by atomic mass is 79.9. The van der Waals surface area contributed by atoms with Gasteiger partial charge >= 0.3 is 5.97 Å². The van der Waals surface area contributed by atoms with E-state index >= 15 is 0 Å². The van der Waals surface area contributed by atoms with Gasteiger partial charge in [-0.15, -0.1) is 0 Å². The van der Waals surface area contributed by atoms with Gasteiger partial charge in [0.15, 0.2) is 6.61 Å². The number of anilines is 1. The van der Waals surface area contributed by atoms with E-state index in [-0.39, 0.29) is 16.8 Å². The number of halogens is 5. The van der Waals surface area contributed by atoms with Gasteiger partial charge in [-0.05, 0) is 81.8 Å². The Bertz CT molecular complexity index is 1140. The molecule has 3 amide bonds. The van der Waals surface area contributed by atoms with Crippen LogP contribution in [0.4, 0.5) is 10.1 Å². The SMILES string of the molecule is CC(C)C(C(=O)OCC(=O)Nc1ccccc1F)N1C(=O)c2c(Br)c(Br)c(Br)c(Br)c2C1=O. The maximum absolute atomic E-state index is 13.7. The molecular weight excluding hydrogens is 699 g/mol. The molecule has 0 radical (unpaired) electrons. The van der Waals surface area contributed by atoms with Crippen LogP contribution in [0, 0.1) is 11.7 Å². The number of fused-ring (bicyclic) bond motifs is 1. The first kappa shape index (κ1) is 26.0. The van der Waals surface area contributed by atoms with Crippen LogP contribution < -0.4 is 5.32 Å². The van der Waals surface area contributed by atoms with Crippen molar-refractivity contribution in [2.24, 2.45) is 5.92 Å². The van der Waals surface area contributed by atoms with Crippen molar-refractivity contribution in [2.75, 3.05) is 11.9 Å². The van der Waals surface area contributed by atoms with Gasteiger partial charge in [-0.3, -0.25) is 19.3 Å². The van der Waals surface area contributed by atoms with E-state index in [0.717, 1.165) is 4.90 Å². The molecule has 1 N–H and O–H groups in total. The van der Waals surface area contributed by atoms with Gasteiger partial charge in [0, 0.05) is 17.9 Å². The number of benzene rings is 2. The van der Waals surface area contributed by atoms with Crippen molar-refractivity contribution < 1.29 is 28.3 Å². The van der Waals surface area contributed by atoms with Crippen molar-refractivity contribution in [3.63, 3.8) is 0 Å². The smallest absolute Gasteiger partial charge is 0.330 e. The third-order valence-corrected chi connectivity index (χ3v) is 9.55. The van der Waals surface area contributed by atoms with E-state index in [1.807, 2.05) is 0 Å². The number of para-hydroxylation sites is 1. The molecule has 1 heterocycles. The summed E-state index contributed by atoms with van der Waals surface area (Å²) in [6.45, 7) is 2.57. The maximum atomic E-state index is 13.7. The Morgan fingerprint density at radius 3 is 1.97 bits per heavy atom. The lowest BCUT2D eigenvalue weighted by Gasteiger charge is -2.27. The lowest BCUT2D eigenvalue weighted by molar-refractivity contribution is -0.152. The minimum Gasteiger partial charge on any atom is -0.454 e. The number of hydrogen-bond donors (Lipinski definition) is 1. The van der Waals surface area contributed by atoms with Gasteiger partial charge in [0.25, 0.3) is 17.7 Å². The molecule has 0 aliphatic carbocycles. The van der Waals surface area contributed by atoms with Crippen molar-refractivity contribution >= 4 is 93.1 Å². The standard InChI is InChI=1S/C21H15Br4FN2O5/c1-8(2)18(21(32)33-7-11(29)27-10-6-4-3-5-9(10)26)28-19(30)12-13(20(28)31)15(23)17(25)16(24)14(12)22/h3-6,8,18H,7H2,1-2H3,(H,27,29). The molecule has 0 fully saturated rings. The second-order valence-electron chi connectivity index (χ2n) is 7.31. The van der Waals surface area contributed by atoms with Crippen molar-refractivity contribution in [3.05, 3.63) is 59.1 Å². The van der Waals surface area contributed by atoms with E-state index in [1.165, 1.54) is 24.3 Å². The molecule has 0 saturated heterocycles.